The highest BCUT2D eigenvalue weighted by Gasteiger charge is 2.41. The molecule has 2 unspecified atom stereocenters. The number of rotatable bonds is 2. The van der Waals surface area contributed by atoms with Crippen LogP contribution in [0.2, 0.25) is 0 Å². The lowest BCUT2D eigenvalue weighted by Gasteiger charge is -2.27. The zero-order valence-electron chi connectivity index (χ0n) is 10.7. The van der Waals surface area contributed by atoms with E-state index in [-0.39, 0.29) is 23.4 Å². The molecule has 1 saturated carbocycles. The summed E-state index contributed by atoms with van der Waals surface area (Å²) in [5, 5.41) is 0. The maximum Gasteiger partial charge on any atom is 0.165 e. The fourth-order valence-electron chi connectivity index (χ4n) is 2.36. The Morgan fingerprint density at radius 1 is 1.41 bits per heavy atom. The first-order valence-corrected chi connectivity index (χ1v) is 6.08. The number of hydrogen-bond donors (Lipinski definition) is 1. The Morgan fingerprint density at radius 3 is 2.71 bits per heavy atom. The quantitative estimate of drug-likeness (QED) is 0.858. The van der Waals surface area contributed by atoms with Crippen LogP contribution < -0.4 is 10.5 Å². The van der Waals surface area contributed by atoms with Gasteiger partial charge in [0.05, 0.1) is 0 Å². The van der Waals surface area contributed by atoms with Crippen LogP contribution in [0.25, 0.3) is 0 Å². The normalized spacial score (nSPS) is 27.1. The maximum atomic E-state index is 13.6. The minimum absolute atomic E-state index is 0.0394. The molecule has 94 valence electrons. The van der Waals surface area contributed by atoms with Gasteiger partial charge in [-0.15, -0.1) is 0 Å². The largest absolute Gasteiger partial charge is 0.486 e. The van der Waals surface area contributed by atoms with Gasteiger partial charge in [-0.3, -0.25) is 0 Å². The lowest BCUT2D eigenvalue weighted by atomic mass is 9.88. The van der Waals surface area contributed by atoms with Crippen molar-refractivity contribution in [2.75, 3.05) is 0 Å². The molecule has 2 nitrogen and oxygen atoms in total. The van der Waals surface area contributed by atoms with Crippen molar-refractivity contribution < 1.29 is 9.13 Å². The Hall–Kier alpha value is -1.09. The van der Waals surface area contributed by atoms with Crippen molar-refractivity contribution >= 4 is 0 Å². The van der Waals surface area contributed by atoms with E-state index in [4.69, 9.17) is 10.5 Å². The van der Waals surface area contributed by atoms with Gasteiger partial charge in [0.25, 0.3) is 0 Å². The summed E-state index contributed by atoms with van der Waals surface area (Å²) >= 11 is 0. The van der Waals surface area contributed by atoms with Crippen LogP contribution in [0.3, 0.4) is 0 Å². The molecule has 1 aromatic carbocycles. The van der Waals surface area contributed by atoms with Crippen LogP contribution in [-0.2, 0) is 0 Å². The molecule has 1 fully saturated rings. The minimum atomic E-state index is -0.312. The smallest absolute Gasteiger partial charge is 0.165 e. The lowest BCUT2D eigenvalue weighted by Crippen LogP contribution is -2.42. The molecule has 0 spiro atoms. The minimum Gasteiger partial charge on any atom is -0.486 e. The second kappa shape index (κ2) is 4.30. The Balaban J connectivity index is 2.14. The van der Waals surface area contributed by atoms with Gasteiger partial charge in [-0.1, -0.05) is 19.9 Å². The van der Waals surface area contributed by atoms with Gasteiger partial charge in [0, 0.05) is 6.04 Å². The van der Waals surface area contributed by atoms with Gasteiger partial charge in [-0.2, -0.15) is 0 Å². The number of nitrogens with two attached hydrogens (primary N) is 1. The highest BCUT2D eigenvalue weighted by Crippen LogP contribution is 2.38. The van der Waals surface area contributed by atoms with Crippen LogP contribution in [-0.4, -0.2) is 12.1 Å². The van der Waals surface area contributed by atoms with Crippen LogP contribution in [0, 0.1) is 18.2 Å². The molecule has 0 aromatic heterocycles. The fourth-order valence-corrected chi connectivity index (χ4v) is 2.36. The van der Waals surface area contributed by atoms with Gasteiger partial charge in [0.2, 0.25) is 0 Å². The summed E-state index contributed by atoms with van der Waals surface area (Å²) in [6.45, 7) is 6.19. The zero-order chi connectivity index (χ0) is 12.6. The third kappa shape index (κ3) is 2.44. The van der Waals surface area contributed by atoms with Gasteiger partial charge in [-0.05, 0) is 42.9 Å². The SMILES string of the molecule is Cc1ccc(F)c(OC2CCC(C)(C)C2N)c1. The first-order chi connectivity index (χ1) is 7.90. The molecule has 0 amide bonds. The third-order valence-electron chi connectivity index (χ3n) is 3.74. The summed E-state index contributed by atoms with van der Waals surface area (Å²) in [6.07, 6.45) is 1.83. The van der Waals surface area contributed by atoms with Crippen LogP contribution in [0.1, 0.15) is 32.3 Å². The second-order valence-electron chi connectivity index (χ2n) is 5.64. The molecular formula is C14H20FNO. The molecular weight excluding hydrogens is 217 g/mol. The number of benzene rings is 1. The van der Waals surface area contributed by atoms with E-state index in [2.05, 4.69) is 13.8 Å². The van der Waals surface area contributed by atoms with Crippen molar-refractivity contribution in [2.45, 2.75) is 45.8 Å². The van der Waals surface area contributed by atoms with E-state index in [1.807, 2.05) is 6.92 Å². The van der Waals surface area contributed by atoms with Gasteiger partial charge in [0.15, 0.2) is 11.6 Å². The molecule has 2 N–H and O–H groups in total. The zero-order valence-corrected chi connectivity index (χ0v) is 10.7. The predicted octanol–water partition coefficient (Wildman–Crippen LogP) is 3.03. The van der Waals surface area contributed by atoms with E-state index >= 15 is 0 Å². The van der Waals surface area contributed by atoms with Crippen molar-refractivity contribution in [3.05, 3.63) is 29.6 Å². The molecule has 0 saturated heterocycles. The van der Waals surface area contributed by atoms with Gasteiger partial charge in [-0.25, -0.2) is 4.39 Å². The molecule has 0 bridgehead atoms. The molecule has 0 heterocycles. The second-order valence-corrected chi connectivity index (χ2v) is 5.64. The first kappa shape index (κ1) is 12.4. The van der Waals surface area contributed by atoms with E-state index in [1.54, 1.807) is 12.1 Å². The Bertz CT molecular complexity index is 417. The Morgan fingerprint density at radius 2 is 2.12 bits per heavy atom. The monoisotopic (exact) mass is 237 g/mol. The Kier molecular flexibility index (Phi) is 3.13. The van der Waals surface area contributed by atoms with Gasteiger partial charge in [0.1, 0.15) is 6.10 Å². The molecule has 17 heavy (non-hydrogen) atoms. The Labute approximate surface area is 102 Å². The number of hydrogen-bond acceptors (Lipinski definition) is 2. The van der Waals surface area contributed by atoms with Crippen molar-refractivity contribution in [3.8, 4) is 5.75 Å². The molecule has 1 aliphatic rings. The number of halogens is 1. The van der Waals surface area contributed by atoms with E-state index in [1.165, 1.54) is 6.07 Å². The molecule has 1 aliphatic carbocycles. The van der Waals surface area contributed by atoms with Crippen molar-refractivity contribution in [1.29, 1.82) is 0 Å². The van der Waals surface area contributed by atoms with Crippen molar-refractivity contribution in [2.24, 2.45) is 11.1 Å². The average Bonchev–Trinajstić information content (AvgIpc) is 2.51. The maximum absolute atomic E-state index is 13.6. The summed E-state index contributed by atoms with van der Waals surface area (Å²) in [5.41, 5.74) is 7.21. The van der Waals surface area contributed by atoms with Crippen LogP contribution in [0.15, 0.2) is 18.2 Å². The first-order valence-electron chi connectivity index (χ1n) is 6.08. The van der Waals surface area contributed by atoms with Gasteiger partial charge < -0.3 is 10.5 Å². The summed E-state index contributed by atoms with van der Waals surface area (Å²) < 4.78 is 19.3. The summed E-state index contributed by atoms with van der Waals surface area (Å²) in [7, 11) is 0. The fraction of sp³-hybridized carbons (Fsp3) is 0.571. The van der Waals surface area contributed by atoms with E-state index < -0.39 is 0 Å². The summed E-state index contributed by atoms with van der Waals surface area (Å²) in [6, 6.07) is 4.87. The standard InChI is InChI=1S/C14H20FNO/c1-9-4-5-10(15)12(8-9)17-11-6-7-14(2,3)13(11)16/h4-5,8,11,13H,6-7,16H2,1-3H3. The number of aryl methyl sites for hydroxylation is 1. The topological polar surface area (TPSA) is 35.2 Å². The van der Waals surface area contributed by atoms with Crippen LogP contribution in [0.5, 0.6) is 5.75 Å². The van der Waals surface area contributed by atoms with E-state index in [0.717, 1.165) is 18.4 Å². The average molecular weight is 237 g/mol. The van der Waals surface area contributed by atoms with Gasteiger partial charge >= 0.3 is 0 Å². The van der Waals surface area contributed by atoms with Crippen LogP contribution >= 0.6 is 0 Å². The third-order valence-corrected chi connectivity index (χ3v) is 3.74. The number of ether oxygens (including phenoxy) is 1. The van der Waals surface area contributed by atoms with Crippen LogP contribution in [0.4, 0.5) is 4.39 Å². The summed E-state index contributed by atoms with van der Waals surface area (Å²) in [4.78, 5) is 0. The van der Waals surface area contributed by atoms with Crippen molar-refractivity contribution in [1.82, 2.24) is 0 Å². The molecule has 2 rings (SSSR count). The highest BCUT2D eigenvalue weighted by molar-refractivity contribution is 5.30. The highest BCUT2D eigenvalue weighted by atomic mass is 19.1. The van der Waals surface area contributed by atoms with Crippen molar-refractivity contribution in [3.63, 3.8) is 0 Å². The molecule has 1 aromatic rings. The molecule has 0 aliphatic heterocycles. The summed E-state index contributed by atoms with van der Waals surface area (Å²) in [5.74, 6) is 0.00987. The lowest BCUT2D eigenvalue weighted by molar-refractivity contribution is 0.158. The molecule has 3 heteroatoms. The van der Waals surface area contributed by atoms with E-state index in [9.17, 15) is 4.39 Å². The molecule has 2 atom stereocenters. The predicted molar refractivity (Wildman–Crippen MR) is 66.5 cm³/mol. The molecule has 0 radical (unpaired) electrons. The van der Waals surface area contributed by atoms with E-state index in [0.29, 0.717) is 5.75 Å².